The first-order chi connectivity index (χ1) is 6.41. The first kappa shape index (κ1) is 12.2. The molecule has 13 heavy (non-hydrogen) atoms. The van der Waals surface area contributed by atoms with Crippen LogP contribution in [0.2, 0.25) is 0 Å². The Kier molecular flexibility index (Phi) is 10.5. The van der Waals surface area contributed by atoms with Crippen molar-refractivity contribution in [2.75, 3.05) is 0 Å². The van der Waals surface area contributed by atoms with Crippen LogP contribution in [0.15, 0.2) is 37.5 Å². The fraction of sp³-hybridized carbons (Fsp3) is 0.538. The zero-order valence-electron chi connectivity index (χ0n) is 8.67. The molecule has 0 fully saturated rings. The van der Waals surface area contributed by atoms with Gasteiger partial charge in [-0.1, -0.05) is 24.3 Å². The van der Waals surface area contributed by atoms with Crippen molar-refractivity contribution < 1.29 is 0 Å². The summed E-state index contributed by atoms with van der Waals surface area (Å²) in [4.78, 5) is 0. The van der Waals surface area contributed by atoms with Crippen LogP contribution in [0.25, 0.3) is 0 Å². The van der Waals surface area contributed by atoms with E-state index < -0.39 is 0 Å². The van der Waals surface area contributed by atoms with Gasteiger partial charge in [0.2, 0.25) is 0 Å². The summed E-state index contributed by atoms with van der Waals surface area (Å²) in [5.74, 6) is 0. The zero-order valence-corrected chi connectivity index (χ0v) is 8.67. The summed E-state index contributed by atoms with van der Waals surface area (Å²) in [6.07, 6.45) is 17.1. The van der Waals surface area contributed by atoms with Crippen LogP contribution in [-0.2, 0) is 0 Å². The molecule has 0 bridgehead atoms. The van der Waals surface area contributed by atoms with Gasteiger partial charge < -0.3 is 0 Å². The second kappa shape index (κ2) is 11.2. The second-order valence-corrected chi connectivity index (χ2v) is 3.26. The van der Waals surface area contributed by atoms with E-state index in [1.807, 2.05) is 12.2 Å². The van der Waals surface area contributed by atoms with Gasteiger partial charge in [0, 0.05) is 0 Å². The fourth-order valence-corrected chi connectivity index (χ4v) is 1.17. The Morgan fingerprint density at radius 3 is 1.69 bits per heavy atom. The Balaban J connectivity index is 3.02. The molecule has 0 heterocycles. The maximum absolute atomic E-state index is 3.70. The molecule has 0 heteroatoms. The molecular formula is C13H22. The molecule has 0 saturated carbocycles. The summed E-state index contributed by atoms with van der Waals surface area (Å²) in [6.45, 7) is 7.40. The number of hydrogen-bond acceptors (Lipinski definition) is 0. The molecule has 0 nitrogen and oxygen atoms in total. The summed E-state index contributed by atoms with van der Waals surface area (Å²) in [5.41, 5.74) is 0. The third-order valence-corrected chi connectivity index (χ3v) is 1.97. The minimum atomic E-state index is 1.14. The maximum Gasteiger partial charge on any atom is -0.0348 e. The van der Waals surface area contributed by atoms with Crippen molar-refractivity contribution in [3.63, 3.8) is 0 Å². The van der Waals surface area contributed by atoms with Crippen LogP contribution >= 0.6 is 0 Å². The molecule has 0 radical (unpaired) electrons. The molecule has 0 N–H and O–H groups in total. The number of hydrogen-bond donors (Lipinski definition) is 0. The molecule has 0 aromatic rings. The van der Waals surface area contributed by atoms with E-state index in [9.17, 15) is 0 Å². The van der Waals surface area contributed by atoms with Crippen molar-refractivity contribution >= 4 is 0 Å². The second-order valence-electron chi connectivity index (χ2n) is 3.26. The van der Waals surface area contributed by atoms with E-state index in [1.165, 1.54) is 32.1 Å². The fourth-order valence-electron chi connectivity index (χ4n) is 1.17. The maximum atomic E-state index is 3.70. The lowest BCUT2D eigenvalue weighted by atomic mass is 10.1. The van der Waals surface area contributed by atoms with Gasteiger partial charge in [0.25, 0.3) is 0 Å². The largest absolute Gasteiger partial charge is 0.103 e. The first-order valence-electron chi connectivity index (χ1n) is 5.28. The van der Waals surface area contributed by atoms with Gasteiger partial charge in [-0.3, -0.25) is 0 Å². The quantitative estimate of drug-likeness (QED) is 0.356. The van der Waals surface area contributed by atoms with E-state index in [2.05, 4.69) is 25.3 Å². The Bertz CT molecular complexity index is 142. The molecule has 0 aromatic carbocycles. The third kappa shape index (κ3) is 11.2. The van der Waals surface area contributed by atoms with Crippen LogP contribution in [0.4, 0.5) is 0 Å². The Morgan fingerprint density at radius 1 is 0.615 bits per heavy atom. The van der Waals surface area contributed by atoms with Crippen molar-refractivity contribution in [2.45, 2.75) is 44.9 Å². The molecule has 0 saturated heterocycles. The Hall–Kier alpha value is -0.780. The Labute approximate surface area is 83.0 Å². The molecular weight excluding hydrogens is 156 g/mol. The smallest absolute Gasteiger partial charge is 0.0348 e. The van der Waals surface area contributed by atoms with Crippen molar-refractivity contribution in [3.05, 3.63) is 37.5 Å². The van der Waals surface area contributed by atoms with Crippen molar-refractivity contribution in [3.8, 4) is 0 Å². The van der Waals surface area contributed by atoms with Gasteiger partial charge in [-0.05, 0) is 44.9 Å². The van der Waals surface area contributed by atoms with Crippen LogP contribution in [0, 0.1) is 0 Å². The molecule has 0 aliphatic carbocycles. The molecule has 0 rings (SSSR count). The summed E-state index contributed by atoms with van der Waals surface area (Å²) in [6, 6.07) is 0. The molecule has 0 unspecified atom stereocenters. The van der Waals surface area contributed by atoms with Gasteiger partial charge in [-0.2, -0.15) is 0 Å². The van der Waals surface area contributed by atoms with Crippen molar-refractivity contribution in [2.24, 2.45) is 0 Å². The summed E-state index contributed by atoms with van der Waals surface area (Å²) in [7, 11) is 0. The lowest BCUT2D eigenvalue weighted by Gasteiger charge is -1.92. The highest BCUT2D eigenvalue weighted by atomic mass is 13.9. The lowest BCUT2D eigenvalue weighted by molar-refractivity contribution is 0.759. The van der Waals surface area contributed by atoms with E-state index in [0.29, 0.717) is 0 Å². The summed E-state index contributed by atoms with van der Waals surface area (Å²) < 4.78 is 0. The molecule has 74 valence electrons. The van der Waals surface area contributed by atoms with Crippen LogP contribution in [0.1, 0.15) is 44.9 Å². The van der Waals surface area contributed by atoms with Gasteiger partial charge >= 0.3 is 0 Å². The molecule has 0 aliphatic heterocycles. The van der Waals surface area contributed by atoms with E-state index in [4.69, 9.17) is 0 Å². The Morgan fingerprint density at radius 2 is 1.08 bits per heavy atom. The molecule has 0 aliphatic rings. The summed E-state index contributed by atoms with van der Waals surface area (Å²) in [5, 5.41) is 0. The van der Waals surface area contributed by atoms with Crippen LogP contribution in [0.3, 0.4) is 0 Å². The van der Waals surface area contributed by atoms with Gasteiger partial charge in [0.05, 0.1) is 0 Å². The summed E-state index contributed by atoms with van der Waals surface area (Å²) >= 11 is 0. The number of rotatable bonds is 9. The van der Waals surface area contributed by atoms with Gasteiger partial charge in [0.15, 0.2) is 0 Å². The monoisotopic (exact) mass is 178 g/mol. The average Bonchev–Trinajstić information content (AvgIpc) is 2.16. The normalized spacial score (nSPS) is 10.5. The van der Waals surface area contributed by atoms with Gasteiger partial charge in [-0.15, -0.1) is 13.2 Å². The zero-order chi connectivity index (χ0) is 9.78. The van der Waals surface area contributed by atoms with Crippen LogP contribution in [0.5, 0.6) is 0 Å². The SMILES string of the molecule is C=CCCCC=CCCCCC=C. The van der Waals surface area contributed by atoms with E-state index >= 15 is 0 Å². The van der Waals surface area contributed by atoms with Crippen molar-refractivity contribution in [1.29, 1.82) is 0 Å². The van der Waals surface area contributed by atoms with Crippen LogP contribution < -0.4 is 0 Å². The minimum Gasteiger partial charge on any atom is -0.103 e. The molecule has 0 atom stereocenters. The number of unbranched alkanes of at least 4 members (excludes halogenated alkanes) is 5. The average molecular weight is 178 g/mol. The standard InChI is InChI=1S/C13H22/c1-3-5-7-9-11-13-12-10-8-6-4-2/h3-4,11,13H,1-2,5-10,12H2. The first-order valence-corrected chi connectivity index (χ1v) is 5.28. The molecule has 0 amide bonds. The molecule has 0 spiro atoms. The predicted octanol–water partition coefficient (Wildman–Crippen LogP) is 4.65. The molecule has 0 aromatic heterocycles. The topological polar surface area (TPSA) is 0 Å². The van der Waals surface area contributed by atoms with E-state index in [0.717, 1.165) is 12.8 Å². The predicted molar refractivity (Wildman–Crippen MR) is 61.9 cm³/mol. The van der Waals surface area contributed by atoms with E-state index in [-0.39, 0.29) is 0 Å². The highest BCUT2D eigenvalue weighted by Gasteiger charge is 1.83. The van der Waals surface area contributed by atoms with Gasteiger partial charge in [-0.25, -0.2) is 0 Å². The van der Waals surface area contributed by atoms with Gasteiger partial charge in [0.1, 0.15) is 0 Å². The highest BCUT2D eigenvalue weighted by Crippen LogP contribution is 2.03. The van der Waals surface area contributed by atoms with E-state index in [1.54, 1.807) is 0 Å². The number of allylic oxidation sites excluding steroid dienone is 4. The van der Waals surface area contributed by atoms with Crippen molar-refractivity contribution in [1.82, 2.24) is 0 Å². The third-order valence-electron chi connectivity index (χ3n) is 1.97. The van der Waals surface area contributed by atoms with Crippen LogP contribution in [-0.4, -0.2) is 0 Å². The highest BCUT2D eigenvalue weighted by molar-refractivity contribution is 4.82. The minimum absolute atomic E-state index is 1.14. The lowest BCUT2D eigenvalue weighted by Crippen LogP contribution is -1.72.